The maximum Gasteiger partial charge on any atom is 0.328 e. The molecule has 14 nitrogen and oxygen atoms in total. The Morgan fingerprint density at radius 2 is 1.62 bits per heavy atom. The number of hydrogen-bond acceptors (Lipinski definition) is 9. The van der Waals surface area contributed by atoms with Crippen molar-refractivity contribution in [3.05, 3.63) is 112 Å². The van der Waals surface area contributed by atoms with Crippen LogP contribution in [-0.2, 0) is 14.3 Å². The summed E-state index contributed by atoms with van der Waals surface area (Å²) in [6.07, 6.45) is 4.56. The van der Waals surface area contributed by atoms with Crippen molar-refractivity contribution in [1.29, 1.82) is 0 Å². The molecule has 0 bridgehead atoms. The number of imide groups is 1. The zero-order valence-electron chi connectivity index (χ0n) is 35.5. The Kier molecular flexibility index (Phi) is 16.5. The first-order valence-electron chi connectivity index (χ1n) is 21.2. The van der Waals surface area contributed by atoms with Crippen LogP contribution in [0.5, 0.6) is 11.5 Å². The number of hydrogen-bond donors (Lipinski definition) is 5. The summed E-state index contributed by atoms with van der Waals surface area (Å²) in [7, 11) is 2.99. The van der Waals surface area contributed by atoms with Gasteiger partial charge in [0.25, 0.3) is 5.91 Å². The average Bonchev–Trinajstić information content (AvgIpc) is 3.29. The highest BCUT2D eigenvalue weighted by Gasteiger charge is 2.29. The third kappa shape index (κ3) is 11.9. The SMILES string of the molecule is COCCOc1ccc(C(N)=O)c(-c2cc(C(CNC3CCC(C(=O)NCCCCNC(=O)c4ccc(OC)c(N5CCC(=O)NC5=O)c4)CC3)c3ccccc3)ccc2Cl)c1F. The molecular formula is C47H54ClFN6O8. The lowest BCUT2D eigenvalue weighted by molar-refractivity contribution is -0.126. The van der Waals surface area contributed by atoms with Gasteiger partial charge in [-0.05, 0) is 92.1 Å². The largest absolute Gasteiger partial charge is 0.495 e. The molecule has 0 radical (unpaired) electrons. The molecule has 6 rings (SSSR count). The smallest absolute Gasteiger partial charge is 0.328 e. The lowest BCUT2D eigenvalue weighted by Gasteiger charge is -2.30. The molecule has 6 amide bonds. The summed E-state index contributed by atoms with van der Waals surface area (Å²) in [5.41, 5.74) is 8.64. The predicted octanol–water partition coefficient (Wildman–Crippen LogP) is 6.33. The van der Waals surface area contributed by atoms with E-state index in [0.29, 0.717) is 55.0 Å². The highest BCUT2D eigenvalue weighted by Crippen LogP contribution is 2.39. The van der Waals surface area contributed by atoms with Crippen molar-refractivity contribution in [2.24, 2.45) is 11.7 Å². The quantitative estimate of drug-likeness (QED) is 0.0632. The first kappa shape index (κ1) is 46.5. The Hall–Kier alpha value is -6.03. The normalized spacial score (nSPS) is 16.8. The summed E-state index contributed by atoms with van der Waals surface area (Å²) < 4.78 is 32.1. The second kappa shape index (κ2) is 22.4. The minimum atomic E-state index is -0.796. The molecule has 1 unspecified atom stereocenters. The molecule has 1 atom stereocenters. The van der Waals surface area contributed by atoms with Crippen LogP contribution >= 0.6 is 11.6 Å². The molecule has 1 aliphatic heterocycles. The minimum Gasteiger partial charge on any atom is -0.495 e. The van der Waals surface area contributed by atoms with E-state index in [1.54, 1.807) is 30.3 Å². The number of methoxy groups -OCH3 is 2. The van der Waals surface area contributed by atoms with Crippen molar-refractivity contribution in [2.45, 2.75) is 56.9 Å². The van der Waals surface area contributed by atoms with Gasteiger partial charge in [-0.2, -0.15) is 0 Å². The number of nitrogens with zero attached hydrogens (tertiary/aromatic N) is 1. The maximum absolute atomic E-state index is 16.1. The van der Waals surface area contributed by atoms with Gasteiger partial charge in [0.05, 0.1) is 25.0 Å². The molecule has 4 aromatic rings. The van der Waals surface area contributed by atoms with Gasteiger partial charge < -0.3 is 35.9 Å². The number of anilines is 1. The Morgan fingerprint density at radius 1 is 0.889 bits per heavy atom. The van der Waals surface area contributed by atoms with E-state index in [1.807, 2.05) is 36.4 Å². The van der Waals surface area contributed by atoms with Crippen molar-refractivity contribution in [1.82, 2.24) is 21.3 Å². The number of amides is 6. The summed E-state index contributed by atoms with van der Waals surface area (Å²) in [5, 5.41) is 12.2. The molecule has 2 aliphatic rings. The fourth-order valence-corrected chi connectivity index (χ4v) is 8.24. The predicted molar refractivity (Wildman–Crippen MR) is 238 cm³/mol. The van der Waals surface area contributed by atoms with Crippen LogP contribution in [0.25, 0.3) is 11.1 Å². The molecule has 1 heterocycles. The number of unbranched alkanes of at least 4 members (excludes halogenated alkanes) is 1. The number of urea groups is 1. The number of nitrogens with one attached hydrogen (secondary N) is 4. The average molecular weight is 885 g/mol. The highest BCUT2D eigenvalue weighted by atomic mass is 35.5. The van der Waals surface area contributed by atoms with Gasteiger partial charge in [0.2, 0.25) is 17.7 Å². The number of ether oxygens (including phenoxy) is 3. The van der Waals surface area contributed by atoms with Crippen LogP contribution in [0, 0.1) is 11.7 Å². The van der Waals surface area contributed by atoms with Gasteiger partial charge in [0, 0.05) is 79.3 Å². The second-order valence-electron chi connectivity index (χ2n) is 15.6. The number of benzene rings is 4. The van der Waals surface area contributed by atoms with Crippen LogP contribution in [0.3, 0.4) is 0 Å². The maximum atomic E-state index is 16.1. The zero-order chi connectivity index (χ0) is 44.9. The van der Waals surface area contributed by atoms with Gasteiger partial charge in [0.1, 0.15) is 12.4 Å². The first-order valence-corrected chi connectivity index (χ1v) is 21.5. The number of halogens is 2. The fraction of sp³-hybridized carbons (Fsp3) is 0.383. The van der Waals surface area contributed by atoms with E-state index in [1.165, 1.54) is 31.3 Å². The molecule has 0 aromatic heterocycles. The van der Waals surface area contributed by atoms with Crippen molar-refractivity contribution in [3.8, 4) is 22.6 Å². The van der Waals surface area contributed by atoms with Crippen molar-refractivity contribution >= 4 is 46.9 Å². The molecule has 1 saturated carbocycles. The third-order valence-corrected chi connectivity index (χ3v) is 11.8. The fourth-order valence-electron chi connectivity index (χ4n) is 8.03. The molecule has 334 valence electrons. The van der Waals surface area contributed by atoms with Gasteiger partial charge in [0.15, 0.2) is 11.6 Å². The third-order valence-electron chi connectivity index (χ3n) is 11.5. The summed E-state index contributed by atoms with van der Waals surface area (Å²) in [6, 6.07) is 22.6. The zero-order valence-corrected chi connectivity index (χ0v) is 36.2. The van der Waals surface area contributed by atoms with E-state index in [9.17, 15) is 24.0 Å². The molecule has 1 saturated heterocycles. The lowest BCUT2D eigenvalue weighted by atomic mass is 9.84. The standard InChI is InChI=1S/C47H54ClFN6O8/c1-61-24-25-63-40-19-16-34(44(50)57)42(43(40)49)35-26-31(12-17-37(35)48)36(29-8-4-3-5-9-29)28-53-33-14-10-30(11-15-33)45(58)51-21-6-7-22-52-46(59)32-13-18-39(62-2)38(27-32)55-23-20-41(56)54-47(55)60/h3-5,8-9,12-13,16-19,26-27,30,33,36,53H,6-7,10-11,14-15,20-25,28H2,1-2H3,(H2,50,57)(H,51,58)(H,52,59)(H,54,56,60). The Bertz CT molecular complexity index is 2270. The number of nitrogens with two attached hydrogens (primary N) is 1. The van der Waals surface area contributed by atoms with Gasteiger partial charge in [-0.3, -0.25) is 29.4 Å². The number of carbonyl (C=O) groups is 5. The molecular weight excluding hydrogens is 831 g/mol. The first-order chi connectivity index (χ1) is 30.5. The molecule has 16 heteroatoms. The summed E-state index contributed by atoms with van der Waals surface area (Å²) >= 11 is 6.71. The van der Waals surface area contributed by atoms with Crippen LogP contribution in [-0.4, -0.2) is 89.3 Å². The van der Waals surface area contributed by atoms with Gasteiger partial charge in [-0.15, -0.1) is 0 Å². The lowest BCUT2D eigenvalue weighted by Crippen LogP contribution is -2.49. The van der Waals surface area contributed by atoms with Gasteiger partial charge in [-0.25, -0.2) is 9.18 Å². The van der Waals surface area contributed by atoms with Crippen molar-refractivity contribution in [3.63, 3.8) is 0 Å². The van der Waals surface area contributed by atoms with E-state index < -0.39 is 17.8 Å². The van der Waals surface area contributed by atoms with E-state index in [0.717, 1.165) is 36.8 Å². The molecule has 63 heavy (non-hydrogen) atoms. The van der Waals surface area contributed by atoms with Crippen LogP contribution in [0.15, 0.2) is 78.9 Å². The van der Waals surface area contributed by atoms with Gasteiger partial charge >= 0.3 is 6.03 Å². The topological polar surface area (TPSA) is 190 Å². The Balaban J connectivity index is 0.990. The number of rotatable bonds is 20. The molecule has 1 aliphatic carbocycles. The van der Waals surface area contributed by atoms with E-state index >= 15 is 4.39 Å². The molecule has 6 N–H and O–H groups in total. The Morgan fingerprint density at radius 3 is 2.32 bits per heavy atom. The summed E-state index contributed by atoms with van der Waals surface area (Å²) in [5.74, 6) is -2.07. The van der Waals surface area contributed by atoms with E-state index in [4.69, 9.17) is 31.5 Å². The second-order valence-corrected chi connectivity index (χ2v) is 16.0. The van der Waals surface area contributed by atoms with Crippen LogP contribution in [0.2, 0.25) is 5.02 Å². The van der Waals surface area contributed by atoms with E-state index in [2.05, 4.69) is 21.3 Å². The van der Waals surface area contributed by atoms with Crippen molar-refractivity contribution in [2.75, 3.05) is 58.5 Å². The van der Waals surface area contributed by atoms with Crippen molar-refractivity contribution < 1.29 is 42.6 Å². The van der Waals surface area contributed by atoms with E-state index in [-0.39, 0.29) is 83.7 Å². The van der Waals surface area contributed by atoms with Crippen LogP contribution in [0.1, 0.15) is 82.7 Å². The highest BCUT2D eigenvalue weighted by molar-refractivity contribution is 6.33. The molecule has 2 fully saturated rings. The van der Waals surface area contributed by atoms with Crippen LogP contribution in [0.4, 0.5) is 14.9 Å². The van der Waals surface area contributed by atoms with Gasteiger partial charge in [-0.1, -0.05) is 48.0 Å². The Labute approximate surface area is 371 Å². The summed E-state index contributed by atoms with van der Waals surface area (Å²) in [4.78, 5) is 64.0. The number of primary amides is 1. The molecule has 4 aromatic carbocycles. The monoisotopic (exact) mass is 884 g/mol. The summed E-state index contributed by atoms with van der Waals surface area (Å²) in [6.45, 7) is 1.98. The minimum absolute atomic E-state index is 0.0153. The van der Waals surface area contributed by atoms with Crippen LogP contribution < -0.4 is 41.4 Å². The molecule has 0 spiro atoms. The number of carbonyl (C=O) groups excluding carboxylic acids is 5.